The van der Waals surface area contributed by atoms with E-state index in [4.69, 9.17) is 0 Å². The zero-order chi connectivity index (χ0) is 13.9. The lowest BCUT2D eigenvalue weighted by atomic mass is 10.2. The van der Waals surface area contributed by atoms with Crippen molar-refractivity contribution in [1.29, 1.82) is 0 Å². The molecule has 106 valence electrons. The van der Waals surface area contributed by atoms with Crippen LogP contribution in [0, 0.1) is 0 Å². The minimum Gasteiger partial charge on any atom is -0.207 e. The second kappa shape index (κ2) is 6.61. The summed E-state index contributed by atoms with van der Waals surface area (Å²) in [5, 5.41) is 1.16. The summed E-state index contributed by atoms with van der Waals surface area (Å²) >= 11 is 5.24. The maximum absolute atomic E-state index is 12.6. The van der Waals surface area contributed by atoms with Crippen molar-refractivity contribution < 1.29 is 8.42 Å². The van der Waals surface area contributed by atoms with Crippen molar-refractivity contribution >= 4 is 37.7 Å². The fourth-order valence-corrected chi connectivity index (χ4v) is 5.31. The van der Waals surface area contributed by atoms with Crippen LogP contribution in [0.2, 0.25) is 0 Å². The Bertz CT molecular complexity index is 516. The molecule has 0 spiro atoms. The van der Waals surface area contributed by atoms with Crippen molar-refractivity contribution in [3.8, 4) is 0 Å². The molecule has 0 saturated carbocycles. The SMILES string of the molecule is CCC1CN(S(=O)(=O)c2ccc(CBr)cc2)CCS1. The van der Waals surface area contributed by atoms with Crippen LogP contribution in [0.4, 0.5) is 0 Å². The van der Waals surface area contributed by atoms with Crippen LogP contribution in [-0.2, 0) is 15.4 Å². The van der Waals surface area contributed by atoms with Crippen LogP contribution >= 0.6 is 27.7 Å². The number of sulfonamides is 1. The number of alkyl halides is 1. The molecule has 1 atom stereocenters. The van der Waals surface area contributed by atoms with E-state index in [1.807, 2.05) is 23.9 Å². The zero-order valence-electron chi connectivity index (χ0n) is 10.9. The largest absolute Gasteiger partial charge is 0.243 e. The molecule has 0 N–H and O–H groups in total. The summed E-state index contributed by atoms with van der Waals surface area (Å²) in [7, 11) is -3.33. The van der Waals surface area contributed by atoms with Crippen molar-refractivity contribution in [2.45, 2.75) is 28.8 Å². The third-order valence-electron chi connectivity index (χ3n) is 3.27. The second-order valence-electron chi connectivity index (χ2n) is 4.54. The molecule has 1 unspecified atom stereocenters. The third-order valence-corrected chi connectivity index (χ3v) is 7.17. The normalized spacial score (nSPS) is 21.5. The zero-order valence-corrected chi connectivity index (χ0v) is 14.1. The standard InChI is InChI=1S/C13H18BrNO2S2/c1-2-12-10-15(7-8-18-12)19(16,17)13-5-3-11(9-14)4-6-13/h3-6,12H,2,7-10H2,1H3. The van der Waals surface area contributed by atoms with Crippen molar-refractivity contribution in [3.05, 3.63) is 29.8 Å². The Labute approximate surface area is 127 Å². The van der Waals surface area contributed by atoms with Gasteiger partial charge >= 0.3 is 0 Å². The number of nitrogens with zero attached hydrogens (tertiary/aromatic N) is 1. The maximum Gasteiger partial charge on any atom is 0.243 e. The molecule has 1 saturated heterocycles. The Kier molecular flexibility index (Phi) is 5.34. The van der Waals surface area contributed by atoms with Gasteiger partial charge in [-0.15, -0.1) is 0 Å². The Morgan fingerprint density at radius 1 is 1.37 bits per heavy atom. The molecule has 0 amide bonds. The molecule has 3 nitrogen and oxygen atoms in total. The van der Waals surface area contributed by atoms with Crippen molar-refractivity contribution in [2.75, 3.05) is 18.8 Å². The Morgan fingerprint density at radius 3 is 2.63 bits per heavy atom. The van der Waals surface area contributed by atoms with E-state index in [2.05, 4.69) is 22.9 Å². The van der Waals surface area contributed by atoms with E-state index in [0.717, 1.165) is 23.1 Å². The summed E-state index contributed by atoms with van der Waals surface area (Å²) in [4.78, 5) is 0.402. The summed E-state index contributed by atoms with van der Waals surface area (Å²) in [6.45, 7) is 3.35. The van der Waals surface area contributed by atoms with Gasteiger partial charge in [0.05, 0.1) is 4.90 Å². The Balaban J connectivity index is 2.20. The molecule has 1 aromatic rings. The van der Waals surface area contributed by atoms with Gasteiger partial charge in [-0.3, -0.25) is 0 Å². The molecule has 1 aliphatic heterocycles. The lowest BCUT2D eigenvalue weighted by molar-refractivity contribution is 0.416. The quantitative estimate of drug-likeness (QED) is 0.771. The lowest BCUT2D eigenvalue weighted by Crippen LogP contribution is -2.41. The summed E-state index contributed by atoms with van der Waals surface area (Å²) in [5.74, 6) is 0.886. The molecule has 1 aliphatic rings. The van der Waals surface area contributed by atoms with Gasteiger partial charge in [0.25, 0.3) is 0 Å². The molecular weight excluding hydrogens is 346 g/mol. The predicted molar refractivity (Wildman–Crippen MR) is 84.4 cm³/mol. The fraction of sp³-hybridized carbons (Fsp3) is 0.538. The van der Waals surface area contributed by atoms with Gasteiger partial charge in [-0.2, -0.15) is 16.1 Å². The first kappa shape index (κ1) is 15.4. The summed E-state index contributed by atoms with van der Waals surface area (Å²) in [6, 6.07) is 7.12. The van der Waals surface area contributed by atoms with Gasteiger partial charge in [-0.05, 0) is 24.1 Å². The van der Waals surface area contributed by atoms with Gasteiger partial charge in [-0.25, -0.2) is 8.42 Å². The highest BCUT2D eigenvalue weighted by molar-refractivity contribution is 9.08. The lowest BCUT2D eigenvalue weighted by Gasteiger charge is -2.31. The van der Waals surface area contributed by atoms with Crippen LogP contribution in [0.15, 0.2) is 29.2 Å². The molecular formula is C13H18BrNO2S2. The van der Waals surface area contributed by atoms with Gasteiger partial charge in [0.2, 0.25) is 10.0 Å². The van der Waals surface area contributed by atoms with E-state index >= 15 is 0 Å². The van der Waals surface area contributed by atoms with Crippen molar-refractivity contribution in [1.82, 2.24) is 4.31 Å². The number of halogens is 1. The van der Waals surface area contributed by atoms with Crippen molar-refractivity contribution in [2.24, 2.45) is 0 Å². The van der Waals surface area contributed by atoms with E-state index in [-0.39, 0.29) is 0 Å². The second-order valence-corrected chi connectivity index (χ2v) is 8.45. The van der Waals surface area contributed by atoms with Gasteiger partial charge in [0.15, 0.2) is 0 Å². The molecule has 0 radical (unpaired) electrons. The average molecular weight is 364 g/mol. The van der Waals surface area contributed by atoms with Crippen LogP contribution in [-0.4, -0.2) is 36.8 Å². The first-order chi connectivity index (χ1) is 9.07. The highest BCUT2D eigenvalue weighted by Gasteiger charge is 2.29. The average Bonchev–Trinajstić information content (AvgIpc) is 2.47. The molecule has 0 aliphatic carbocycles. The molecule has 0 aromatic heterocycles. The van der Waals surface area contributed by atoms with Crippen LogP contribution in [0.3, 0.4) is 0 Å². The first-order valence-corrected chi connectivity index (χ1v) is 9.95. The van der Waals surface area contributed by atoms with Crippen LogP contribution < -0.4 is 0 Å². The number of thioether (sulfide) groups is 1. The Hall–Kier alpha value is -0.0400. The highest BCUT2D eigenvalue weighted by Crippen LogP contribution is 2.26. The van der Waals surface area contributed by atoms with Gasteiger partial charge in [-0.1, -0.05) is 35.0 Å². The molecule has 1 fully saturated rings. The summed E-state index contributed by atoms with van der Waals surface area (Å²) in [6.07, 6.45) is 1.01. The highest BCUT2D eigenvalue weighted by atomic mass is 79.9. The first-order valence-electron chi connectivity index (χ1n) is 6.34. The van der Waals surface area contributed by atoms with E-state index in [9.17, 15) is 8.42 Å². The topological polar surface area (TPSA) is 37.4 Å². The Morgan fingerprint density at radius 2 is 2.05 bits per heavy atom. The predicted octanol–water partition coefficient (Wildman–Crippen LogP) is 3.10. The van der Waals surface area contributed by atoms with E-state index in [1.54, 1.807) is 16.4 Å². The maximum atomic E-state index is 12.6. The van der Waals surface area contributed by atoms with Gasteiger partial charge in [0, 0.05) is 29.4 Å². The van der Waals surface area contributed by atoms with Crippen molar-refractivity contribution in [3.63, 3.8) is 0 Å². The number of hydrogen-bond donors (Lipinski definition) is 0. The van der Waals surface area contributed by atoms with E-state index in [0.29, 0.717) is 23.2 Å². The van der Waals surface area contributed by atoms with Crippen LogP contribution in [0.25, 0.3) is 0 Å². The molecule has 1 heterocycles. The van der Waals surface area contributed by atoms with Crippen LogP contribution in [0.5, 0.6) is 0 Å². The third kappa shape index (κ3) is 3.54. The minimum atomic E-state index is -3.33. The molecule has 19 heavy (non-hydrogen) atoms. The van der Waals surface area contributed by atoms with E-state index < -0.39 is 10.0 Å². The van der Waals surface area contributed by atoms with Gasteiger partial charge in [0.1, 0.15) is 0 Å². The molecule has 0 bridgehead atoms. The number of hydrogen-bond acceptors (Lipinski definition) is 3. The molecule has 6 heteroatoms. The monoisotopic (exact) mass is 363 g/mol. The smallest absolute Gasteiger partial charge is 0.207 e. The van der Waals surface area contributed by atoms with E-state index in [1.165, 1.54) is 0 Å². The number of benzene rings is 1. The van der Waals surface area contributed by atoms with Crippen LogP contribution in [0.1, 0.15) is 18.9 Å². The molecule has 1 aromatic carbocycles. The summed E-state index contributed by atoms with van der Waals surface area (Å²) < 4.78 is 26.7. The minimum absolute atomic E-state index is 0.402. The molecule has 2 rings (SSSR count). The summed E-state index contributed by atoms with van der Waals surface area (Å²) in [5.41, 5.74) is 1.08. The fourth-order valence-electron chi connectivity index (χ4n) is 2.06. The van der Waals surface area contributed by atoms with Gasteiger partial charge < -0.3 is 0 Å². The number of rotatable bonds is 4.